The van der Waals surface area contributed by atoms with Gasteiger partial charge in [0.05, 0.1) is 11.1 Å². The summed E-state index contributed by atoms with van der Waals surface area (Å²) in [4.78, 5) is 25.8. The lowest BCUT2D eigenvalue weighted by atomic mass is 9.87. The van der Waals surface area contributed by atoms with Crippen molar-refractivity contribution >= 4 is 29.2 Å². The molecule has 5 nitrogen and oxygen atoms in total. The quantitative estimate of drug-likeness (QED) is 0.660. The Balaban J connectivity index is 1.54. The first-order chi connectivity index (χ1) is 11.7. The summed E-state index contributed by atoms with van der Waals surface area (Å²) in [6, 6.07) is 5.44. The van der Waals surface area contributed by atoms with Crippen LogP contribution in [0, 0.1) is 5.92 Å². The van der Waals surface area contributed by atoms with E-state index in [4.69, 9.17) is 4.42 Å². The number of hydrogen-bond donors (Lipinski definition) is 2. The molecule has 2 amide bonds. The van der Waals surface area contributed by atoms with E-state index in [1.165, 1.54) is 53.0 Å². The number of furan rings is 1. The van der Waals surface area contributed by atoms with Crippen molar-refractivity contribution in [3.63, 3.8) is 0 Å². The molecule has 0 saturated carbocycles. The summed E-state index contributed by atoms with van der Waals surface area (Å²) in [6.45, 7) is 2.21. The Morgan fingerprint density at radius 3 is 3.04 bits per heavy atom. The second-order valence-electron chi connectivity index (χ2n) is 5.87. The van der Waals surface area contributed by atoms with E-state index in [1.54, 1.807) is 12.1 Å². The van der Waals surface area contributed by atoms with Crippen molar-refractivity contribution < 1.29 is 14.0 Å². The molecule has 0 bridgehead atoms. The average molecular weight is 344 g/mol. The van der Waals surface area contributed by atoms with Crippen LogP contribution in [0.1, 0.15) is 45.6 Å². The van der Waals surface area contributed by atoms with Gasteiger partial charge in [-0.15, -0.1) is 11.3 Å². The summed E-state index contributed by atoms with van der Waals surface area (Å²) in [5.74, 6) is 0.608. The fourth-order valence-electron chi connectivity index (χ4n) is 2.83. The molecule has 3 rings (SSSR count). The van der Waals surface area contributed by atoms with Crippen LogP contribution in [0.15, 0.2) is 35.0 Å². The molecular formula is C18H20N2O3S. The Hall–Kier alpha value is -2.34. The van der Waals surface area contributed by atoms with Crippen LogP contribution in [0.3, 0.4) is 0 Å². The molecule has 1 aliphatic carbocycles. The second-order valence-corrected chi connectivity index (χ2v) is 7.01. The molecule has 0 aromatic carbocycles. The smallest absolute Gasteiger partial charge is 0.279 e. The number of hydrazine groups is 1. The van der Waals surface area contributed by atoms with E-state index in [0.29, 0.717) is 10.6 Å². The molecule has 0 fully saturated rings. The van der Waals surface area contributed by atoms with Crippen molar-refractivity contribution in [2.24, 2.45) is 5.92 Å². The highest BCUT2D eigenvalue weighted by Gasteiger charge is 2.22. The van der Waals surface area contributed by atoms with Crippen LogP contribution in [0.4, 0.5) is 0 Å². The Morgan fingerprint density at radius 1 is 1.42 bits per heavy atom. The van der Waals surface area contributed by atoms with Crippen LogP contribution >= 0.6 is 11.3 Å². The maximum Gasteiger partial charge on any atom is 0.279 e. The average Bonchev–Trinajstić information content (AvgIpc) is 3.26. The minimum Gasteiger partial charge on any atom is -0.465 e. The largest absolute Gasteiger partial charge is 0.465 e. The lowest BCUT2D eigenvalue weighted by molar-refractivity contribution is -0.117. The zero-order chi connectivity index (χ0) is 16.9. The molecule has 2 aromatic heterocycles. The van der Waals surface area contributed by atoms with Crippen molar-refractivity contribution in [1.82, 2.24) is 10.9 Å². The minimum atomic E-state index is -0.410. The monoisotopic (exact) mass is 344 g/mol. The van der Waals surface area contributed by atoms with Crippen LogP contribution in [0.5, 0.6) is 0 Å². The standard InChI is InChI=1S/C18H20N2O3S/c1-2-12-5-7-15-13(10-12)11-16(24-15)18(22)20-19-17(21)8-6-14-4-3-9-23-14/h3-4,6,8-9,11-12H,2,5,7,10H2,1H3,(H,19,21)(H,20,22)/b8-6+/t12-/m1/s1. The van der Waals surface area contributed by atoms with Crippen molar-refractivity contribution in [3.05, 3.63) is 51.6 Å². The summed E-state index contributed by atoms with van der Waals surface area (Å²) >= 11 is 1.52. The topological polar surface area (TPSA) is 71.3 Å². The van der Waals surface area contributed by atoms with Gasteiger partial charge in [-0.3, -0.25) is 20.4 Å². The van der Waals surface area contributed by atoms with Gasteiger partial charge in [0.1, 0.15) is 5.76 Å². The molecule has 24 heavy (non-hydrogen) atoms. The molecule has 6 heteroatoms. The van der Waals surface area contributed by atoms with Crippen LogP contribution in [-0.2, 0) is 17.6 Å². The van der Waals surface area contributed by atoms with Gasteiger partial charge in [0.15, 0.2) is 0 Å². The highest BCUT2D eigenvalue weighted by atomic mass is 32.1. The number of hydrogen-bond acceptors (Lipinski definition) is 4. The van der Waals surface area contributed by atoms with Gasteiger partial charge in [-0.05, 0) is 55.0 Å². The van der Waals surface area contributed by atoms with Gasteiger partial charge in [-0.1, -0.05) is 13.3 Å². The Labute approximate surface area is 144 Å². The Bertz CT molecular complexity index is 746. The molecule has 126 valence electrons. The molecule has 1 aliphatic rings. The van der Waals surface area contributed by atoms with E-state index >= 15 is 0 Å². The summed E-state index contributed by atoms with van der Waals surface area (Å²) in [5, 5.41) is 0. The number of aryl methyl sites for hydroxylation is 1. The first kappa shape index (κ1) is 16.5. The third-order valence-corrected chi connectivity index (χ3v) is 5.46. The lowest BCUT2D eigenvalue weighted by Crippen LogP contribution is -2.40. The van der Waals surface area contributed by atoms with Gasteiger partial charge in [0, 0.05) is 11.0 Å². The molecule has 0 radical (unpaired) electrons. The first-order valence-corrected chi connectivity index (χ1v) is 8.91. The second kappa shape index (κ2) is 7.49. The maximum absolute atomic E-state index is 12.2. The summed E-state index contributed by atoms with van der Waals surface area (Å²) in [5.41, 5.74) is 6.12. The number of nitrogens with one attached hydrogen (secondary N) is 2. The molecule has 1 atom stereocenters. The molecule has 0 spiro atoms. The van der Waals surface area contributed by atoms with Crippen molar-refractivity contribution in [3.8, 4) is 0 Å². The zero-order valence-electron chi connectivity index (χ0n) is 13.5. The fraction of sp³-hybridized carbons (Fsp3) is 0.333. The zero-order valence-corrected chi connectivity index (χ0v) is 14.3. The number of carbonyl (C=O) groups is 2. The van der Waals surface area contributed by atoms with Crippen LogP contribution < -0.4 is 10.9 Å². The van der Waals surface area contributed by atoms with Gasteiger partial charge in [-0.25, -0.2) is 0 Å². The lowest BCUT2D eigenvalue weighted by Gasteiger charge is -2.19. The number of rotatable bonds is 4. The van der Waals surface area contributed by atoms with Gasteiger partial charge < -0.3 is 4.42 Å². The molecule has 2 aromatic rings. The number of carbonyl (C=O) groups excluding carboxylic acids is 2. The van der Waals surface area contributed by atoms with Gasteiger partial charge in [-0.2, -0.15) is 0 Å². The van der Waals surface area contributed by atoms with Gasteiger partial charge >= 0.3 is 0 Å². The predicted molar refractivity (Wildman–Crippen MR) is 93.5 cm³/mol. The van der Waals surface area contributed by atoms with E-state index in [9.17, 15) is 9.59 Å². The van der Waals surface area contributed by atoms with E-state index < -0.39 is 5.91 Å². The molecule has 0 aliphatic heterocycles. The number of thiophene rings is 1. The number of fused-ring (bicyclic) bond motifs is 1. The highest BCUT2D eigenvalue weighted by molar-refractivity contribution is 7.14. The molecule has 2 N–H and O–H groups in total. The molecule has 2 heterocycles. The summed E-state index contributed by atoms with van der Waals surface area (Å²) < 4.78 is 5.09. The Kier molecular flexibility index (Phi) is 5.15. The normalized spacial score (nSPS) is 16.8. The summed E-state index contributed by atoms with van der Waals surface area (Å²) in [7, 11) is 0. The van der Waals surface area contributed by atoms with Crippen LogP contribution in [-0.4, -0.2) is 11.8 Å². The number of amides is 2. The van der Waals surface area contributed by atoms with Crippen molar-refractivity contribution in [2.45, 2.75) is 32.6 Å². The molecule has 0 saturated heterocycles. The van der Waals surface area contributed by atoms with Crippen LogP contribution in [0.2, 0.25) is 0 Å². The van der Waals surface area contributed by atoms with Gasteiger partial charge in [0.2, 0.25) is 0 Å². The maximum atomic E-state index is 12.2. The predicted octanol–water partition coefficient (Wildman–Crippen LogP) is 3.33. The van der Waals surface area contributed by atoms with E-state index in [1.807, 2.05) is 6.07 Å². The fourth-order valence-corrected chi connectivity index (χ4v) is 3.93. The van der Waals surface area contributed by atoms with Gasteiger partial charge in [0.25, 0.3) is 11.8 Å². The summed E-state index contributed by atoms with van der Waals surface area (Å²) in [6.07, 6.45) is 8.84. The molecular weight excluding hydrogens is 324 g/mol. The third-order valence-electron chi connectivity index (χ3n) is 4.23. The van der Waals surface area contributed by atoms with Crippen molar-refractivity contribution in [2.75, 3.05) is 0 Å². The van der Waals surface area contributed by atoms with E-state index in [0.717, 1.165) is 18.8 Å². The van der Waals surface area contributed by atoms with Crippen LogP contribution in [0.25, 0.3) is 6.08 Å². The third kappa shape index (κ3) is 3.94. The minimum absolute atomic E-state index is 0.276. The first-order valence-electron chi connectivity index (χ1n) is 8.09. The Morgan fingerprint density at radius 2 is 2.29 bits per heavy atom. The van der Waals surface area contributed by atoms with E-state index in [2.05, 4.69) is 17.8 Å². The van der Waals surface area contributed by atoms with Crippen molar-refractivity contribution in [1.29, 1.82) is 0 Å². The molecule has 0 unspecified atom stereocenters. The SMILES string of the molecule is CC[C@@H]1CCc2sc(C(=O)NNC(=O)/C=C/c3ccco3)cc2C1. The van der Waals surface area contributed by atoms with E-state index in [-0.39, 0.29) is 5.91 Å². The highest BCUT2D eigenvalue weighted by Crippen LogP contribution is 2.33.